The molecule has 0 spiro atoms. The molecule has 0 fully saturated rings. The largest absolute Gasteiger partial charge is 0.490 e. The minimum absolute atomic E-state index is 0.107. The number of hydrogen-bond donors (Lipinski definition) is 0. The van der Waals surface area contributed by atoms with Gasteiger partial charge in [-0.1, -0.05) is 102 Å². The van der Waals surface area contributed by atoms with Crippen LogP contribution in [0.1, 0.15) is 49.9 Å². The Bertz CT molecular complexity index is 937. The van der Waals surface area contributed by atoms with E-state index < -0.39 is 0 Å². The fraction of sp³-hybridized carbons (Fsp3) is 0.267. The van der Waals surface area contributed by atoms with Crippen LogP contribution in [0.15, 0.2) is 98.1 Å². The minimum Gasteiger partial charge on any atom is -0.490 e. The van der Waals surface area contributed by atoms with Gasteiger partial charge in [-0.2, -0.15) is 0 Å². The van der Waals surface area contributed by atoms with Crippen LogP contribution in [0.2, 0.25) is 0 Å². The number of hydrogen-bond acceptors (Lipinski definition) is 2. The maximum atomic E-state index is 5.62. The molecule has 0 amide bonds. The highest BCUT2D eigenvalue weighted by Gasteiger charge is 2.26. The zero-order valence-electron chi connectivity index (χ0n) is 19.7. The van der Waals surface area contributed by atoms with Crippen molar-refractivity contribution >= 4 is 0 Å². The fourth-order valence-corrected chi connectivity index (χ4v) is 3.88. The monoisotopic (exact) mass is 426 g/mol. The third-order valence-electron chi connectivity index (χ3n) is 6.22. The van der Waals surface area contributed by atoms with Crippen LogP contribution in [0, 0.1) is 0 Å². The van der Waals surface area contributed by atoms with Crippen molar-refractivity contribution in [3.05, 3.63) is 120 Å². The predicted molar refractivity (Wildman–Crippen MR) is 135 cm³/mol. The Morgan fingerprint density at radius 3 is 1.03 bits per heavy atom. The number of benzene rings is 3. The average Bonchev–Trinajstić information content (AvgIpc) is 2.82. The van der Waals surface area contributed by atoms with Gasteiger partial charge in [0.25, 0.3) is 0 Å². The lowest BCUT2D eigenvalue weighted by molar-refractivity contribution is 0.363. The first-order valence-electron chi connectivity index (χ1n) is 11.1. The summed E-state index contributed by atoms with van der Waals surface area (Å²) in [6, 6.07) is 25.7. The Labute approximate surface area is 193 Å². The van der Waals surface area contributed by atoms with E-state index in [-0.39, 0.29) is 10.8 Å². The maximum absolute atomic E-state index is 5.62. The van der Waals surface area contributed by atoms with Crippen molar-refractivity contribution in [2.75, 3.05) is 13.2 Å². The molecule has 0 aliphatic heterocycles. The summed E-state index contributed by atoms with van der Waals surface area (Å²) in [4.78, 5) is 0. The van der Waals surface area contributed by atoms with Gasteiger partial charge in [-0.15, -0.1) is 0 Å². The molecule has 3 aromatic rings. The Balaban J connectivity index is 1.79. The lowest BCUT2D eigenvalue weighted by atomic mass is 9.74. The van der Waals surface area contributed by atoms with Crippen molar-refractivity contribution in [1.29, 1.82) is 0 Å². The van der Waals surface area contributed by atoms with Gasteiger partial charge in [-0.05, 0) is 46.5 Å². The summed E-state index contributed by atoms with van der Waals surface area (Å²) in [6.45, 7) is 17.5. The Hall–Kier alpha value is -3.26. The minimum atomic E-state index is -0.107. The Morgan fingerprint density at radius 2 is 0.781 bits per heavy atom. The molecule has 0 aromatic heterocycles. The second-order valence-corrected chi connectivity index (χ2v) is 9.08. The van der Waals surface area contributed by atoms with Crippen LogP contribution in [0.4, 0.5) is 0 Å². The van der Waals surface area contributed by atoms with E-state index in [1.165, 1.54) is 22.3 Å². The first-order chi connectivity index (χ1) is 15.3. The summed E-state index contributed by atoms with van der Waals surface area (Å²) in [7, 11) is 0. The zero-order valence-corrected chi connectivity index (χ0v) is 19.7. The van der Waals surface area contributed by atoms with Gasteiger partial charge in [0.2, 0.25) is 0 Å². The van der Waals surface area contributed by atoms with E-state index in [1.807, 2.05) is 24.3 Å². The van der Waals surface area contributed by atoms with E-state index in [4.69, 9.17) is 9.47 Å². The van der Waals surface area contributed by atoms with Gasteiger partial charge in [0.1, 0.15) is 24.7 Å². The summed E-state index contributed by atoms with van der Waals surface area (Å²) >= 11 is 0. The van der Waals surface area contributed by atoms with E-state index in [1.54, 1.807) is 12.2 Å². The molecule has 3 rings (SSSR count). The molecule has 0 aliphatic rings. The zero-order chi connectivity index (χ0) is 23.2. The van der Waals surface area contributed by atoms with Crippen molar-refractivity contribution in [1.82, 2.24) is 0 Å². The van der Waals surface area contributed by atoms with Crippen molar-refractivity contribution in [3.8, 4) is 11.5 Å². The van der Waals surface area contributed by atoms with Crippen molar-refractivity contribution in [2.45, 2.75) is 38.5 Å². The normalized spacial score (nSPS) is 11.6. The SMILES string of the molecule is C=CCOc1ccc(C(C)(C)c2ccc(C(C)(C)c3ccc(OCC=C)cc3)cc2)cc1. The van der Waals surface area contributed by atoms with E-state index in [2.05, 4.69) is 89.4 Å². The highest BCUT2D eigenvalue weighted by Crippen LogP contribution is 2.36. The number of rotatable bonds is 10. The van der Waals surface area contributed by atoms with Crippen LogP contribution in [0.3, 0.4) is 0 Å². The lowest BCUT2D eigenvalue weighted by Crippen LogP contribution is -2.21. The molecule has 0 bridgehead atoms. The Kier molecular flexibility index (Phi) is 7.25. The van der Waals surface area contributed by atoms with Gasteiger partial charge >= 0.3 is 0 Å². The predicted octanol–water partition coefficient (Wildman–Crippen LogP) is 7.47. The van der Waals surface area contributed by atoms with E-state index in [0.717, 1.165) is 11.5 Å². The molecule has 0 heterocycles. The molecule has 0 aliphatic carbocycles. The van der Waals surface area contributed by atoms with E-state index in [0.29, 0.717) is 13.2 Å². The third kappa shape index (κ3) is 5.13. The molecule has 0 saturated heterocycles. The summed E-state index contributed by atoms with van der Waals surface area (Å²) in [5.74, 6) is 1.73. The smallest absolute Gasteiger partial charge is 0.119 e. The van der Waals surface area contributed by atoms with Gasteiger partial charge in [0.15, 0.2) is 0 Å². The third-order valence-corrected chi connectivity index (χ3v) is 6.22. The van der Waals surface area contributed by atoms with Crippen LogP contribution >= 0.6 is 0 Å². The molecule has 2 heteroatoms. The topological polar surface area (TPSA) is 18.5 Å². The second kappa shape index (κ2) is 9.91. The van der Waals surface area contributed by atoms with Gasteiger partial charge < -0.3 is 9.47 Å². The lowest BCUT2D eigenvalue weighted by Gasteiger charge is -2.29. The van der Waals surface area contributed by atoms with E-state index >= 15 is 0 Å². The van der Waals surface area contributed by atoms with Crippen LogP contribution < -0.4 is 9.47 Å². The first kappa shape index (κ1) is 23.4. The van der Waals surface area contributed by atoms with Crippen molar-refractivity contribution in [3.63, 3.8) is 0 Å². The maximum Gasteiger partial charge on any atom is 0.119 e. The summed E-state index contributed by atoms with van der Waals surface area (Å²) in [6.07, 6.45) is 3.51. The molecule has 166 valence electrons. The quantitative estimate of drug-likeness (QED) is 0.313. The average molecular weight is 427 g/mol. The van der Waals surface area contributed by atoms with E-state index in [9.17, 15) is 0 Å². The molecule has 2 nitrogen and oxygen atoms in total. The molecule has 0 unspecified atom stereocenters. The van der Waals surface area contributed by atoms with Crippen molar-refractivity contribution < 1.29 is 9.47 Å². The molecule has 32 heavy (non-hydrogen) atoms. The van der Waals surface area contributed by atoms with Gasteiger partial charge in [-0.3, -0.25) is 0 Å². The number of ether oxygens (including phenoxy) is 2. The first-order valence-corrected chi connectivity index (χ1v) is 11.1. The van der Waals surface area contributed by atoms with Crippen LogP contribution in [0.25, 0.3) is 0 Å². The second-order valence-electron chi connectivity index (χ2n) is 9.08. The summed E-state index contributed by atoms with van der Waals surface area (Å²) < 4.78 is 11.2. The summed E-state index contributed by atoms with van der Waals surface area (Å²) in [5, 5.41) is 0. The highest BCUT2D eigenvalue weighted by molar-refractivity contribution is 5.45. The molecule has 0 N–H and O–H groups in total. The molecular formula is C30H34O2. The van der Waals surface area contributed by atoms with Crippen LogP contribution in [0.5, 0.6) is 11.5 Å². The summed E-state index contributed by atoms with van der Waals surface area (Å²) in [5.41, 5.74) is 4.86. The van der Waals surface area contributed by atoms with Crippen LogP contribution in [-0.2, 0) is 10.8 Å². The molecule has 0 radical (unpaired) electrons. The van der Waals surface area contributed by atoms with Crippen molar-refractivity contribution in [2.24, 2.45) is 0 Å². The molecule has 0 atom stereocenters. The molecule has 0 saturated carbocycles. The van der Waals surface area contributed by atoms with Gasteiger partial charge in [0.05, 0.1) is 0 Å². The van der Waals surface area contributed by atoms with Gasteiger partial charge in [0, 0.05) is 10.8 Å². The van der Waals surface area contributed by atoms with Gasteiger partial charge in [-0.25, -0.2) is 0 Å². The highest BCUT2D eigenvalue weighted by atomic mass is 16.5. The fourth-order valence-electron chi connectivity index (χ4n) is 3.88. The standard InChI is InChI=1S/C30H34O2/c1-7-21-31-27-17-13-25(14-18-27)29(3,4)23-9-11-24(12-10-23)30(5,6)26-15-19-28(20-16-26)32-22-8-2/h7-20H,1-2,21-22H2,3-6H3. The Morgan fingerprint density at radius 1 is 0.531 bits per heavy atom. The van der Waals surface area contributed by atoms with Crippen LogP contribution in [-0.4, -0.2) is 13.2 Å². The molecule has 3 aromatic carbocycles. The molecular weight excluding hydrogens is 392 g/mol.